The summed E-state index contributed by atoms with van der Waals surface area (Å²) in [4.78, 5) is 11.3. The first-order valence-electron chi connectivity index (χ1n) is 3.87. The molecule has 1 rings (SSSR count). The molecular formula is C8H11BrN2O2. The molecule has 1 heterocycles. The predicted octanol–water partition coefficient (Wildman–Crippen LogP) is 1.12. The van der Waals surface area contributed by atoms with Gasteiger partial charge in [0.05, 0.1) is 5.56 Å². The van der Waals surface area contributed by atoms with Crippen molar-refractivity contribution in [3.8, 4) is 0 Å². The lowest BCUT2D eigenvalue weighted by molar-refractivity contribution is 0.0951. The number of carbonyl (C=O) groups excluding carboxylic acids is 1. The Labute approximate surface area is 84.6 Å². The van der Waals surface area contributed by atoms with Gasteiger partial charge in [-0.3, -0.25) is 4.79 Å². The van der Waals surface area contributed by atoms with E-state index < -0.39 is 0 Å². The van der Waals surface area contributed by atoms with E-state index in [0.717, 1.165) is 0 Å². The molecule has 0 spiro atoms. The smallest absolute Gasteiger partial charge is 0.254 e. The van der Waals surface area contributed by atoms with Crippen molar-refractivity contribution in [1.82, 2.24) is 5.32 Å². The Morgan fingerprint density at radius 2 is 2.54 bits per heavy atom. The van der Waals surface area contributed by atoms with Crippen molar-refractivity contribution in [2.24, 2.45) is 5.73 Å². The largest absolute Gasteiger partial charge is 0.457 e. The Kier molecular flexibility index (Phi) is 3.50. The average molecular weight is 247 g/mol. The first-order valence-corrected chi connectivity index (χ1v) is 4.66. The number of hydrogen-bond acceptors (Lipinski definition) is 3. The molecule has 0 aromatic carbocycles. The molecule has 0 radical (unpaired) electrons. The van der Waals surface area contributed by atoms with Crippen molar-refractivity contribution in [2.75, 3.05) is 6.54 Å². The summed E-state index contributed by atoms with van der Waals surface area (Å²) in [7, 11) is 0. The first kappa shape index (κ1) is 10.3. The number of nitrogens with two attached hydrogens (primary N) is 1. The molecule has 0 aliphatic rings. The van der Waals surface area contributed by atoms with Gasteiger partial charge in [-0.25, -0.2) is 0 Å². The minimum Gasteiger partial charge on any atom is -0.457 e. The van der Waals surface area contributed by atoms with Gasteiger partial charge in [-0.1, -0.05) is 0 Å². The van der Waals surface area contributed by atoms with Gasteiger partial charge < -0.3 is 15.5 Å². The SMILES string of the molecule is CC(N)CNC(=O)c1coc(Br)c1. The van der Waals surface area contributed by atoms with Crippen LogP contribution < -0.4 is 11.1 Å². The highest BCUT2D eigenvalue weighted by atomic mass is 79.9. The van der Waals surface area contributed by atoms with Crippen LogP contribution in [0.15, 0.2) is 21.4 Å². The molecule has 13 heavy (non-hydrogen) atoms. The maximum absolute atomic E-state index is 11.3. The van der Waals surface area contributed by atoms with Gasteiger partial charge >= 0.3 is 0 Å². The third kappa shape index (κ3) is 3.20. The molecule has 1 atom stereocenters. The normalized spacial score (nSPS) is 12.5. The maximum atomic E-state index is 11.3. The van der Waals surface area contributed by atoms with E-state index in [-0.39, 0.29) is 11.9 Å². The molecule has 3 N–H and O–H groups in total. The monoisotopic (exact) mass is 246 g/mol. The zero-order chi connectivity index (χ0) is 9.84. The van der Waals surface area contributed by atoms with Crippen molar-refractivity contribution in [2.45, 2.75) is 13.0 Å². The number of halogens is 1. The Balaban J connectivity index is 2.49. The quantitative estimate of drug-likeness (QED) is 0.840. The maximum Gasteiger partial charge on any atom is 0.254 e. The Morgan fingerprint density at radius 1 is 1.85 bits per heavy atom. The molecule has 1 unspecified atom stereocenters. The summed E-state index contributed by atoms with van der Waals surface area (Å²) in [5.74, 6) is -0.174. The lowest BCUT2D eigenvalue weighted by atomic mass is 10.3. The second kappa shape index (κ2) is 4.43. The molecule has 1 amide bonds. The van der Waals surface area contributed by atoms with Crippen molar-refractivity contribution in [3.63, 3.8) is 0 Å². The van der Waals surface area contributed by atoms with Crippen LogP contribution in [0.4, 0.5) is 0 Å². The third-order valence-electron chi connectivity index (χ3n) is 1.41. The van der Waals surface area contributed by atoms with Crippen molar-refractivity contribution < 1.29 is 9.21 Å². The first-order chi connectivity index (χ1) is 6.09. The summed E-state index contributed by atoms with van der Waals surface area (Å²) in [6, 6.07) is 1.57. The zero-order valence-electron chi connectivity index (χ0n) is 7.21. The fourth-order valence-electron chi connectivity index (χ4n) is 0.785. The minimum absolute atomic E-state index is 0.0423. The van der Waals surface area contributed by atoms with Crippen molar-refractivity contribution >= 4 is 21.8 Å². The van der Waals surface area contributed by atoms with E-state index in [1.54, 1.807) is 6.07 Å². The van der Waals surface area contributed by atoms with E-state index in [1.807, 2.05) is 6.92 Å². The van der Waals surface area contributed by atoms with Crippen LogP contribution in [0.2, 0.25) is 0 Å². The lowest BCUT2D eigenvalue weighted by Crippen LogP contribution is -2.34. The van der Waals surface area contributed by atoms with Crippen LogP contribution in [0, 0.1) is 0 Å². The van der Waals surface area contributed by atoms with Crippen LogP contribution in [-0.2, 0) is 0 Å². The number of hydrogen-bond donors (Lipinski definition) is 2. The molecule has 0 fully saturated rings. The van der Waals surface area contributed by atoms with E-state index in [2.05, 4.69) is 21.2 Å². The molecule has 0 saturated heterocycles. The van der Waals surface area contributed by atoms with Gasteiger partial charge in [0.1, 0.15) is 6.26 Å². The Morgan fingerprint density at radius 3 is 3.00 bits per heavy atom. The zero-order valence-corrected chi connectivity index (χ0v) is 8.80. The number of amides is 1. The van der Waals surface area contributed by atoms with E-state index >= 15 is 0 Å². The summed E-state index contributed by atoms with van der Waals surface area (Å²) in [6.45, 7) is 2.28. The fraction of sp³-hybridized carbons (Fsp3) is 0.375. The summed E-state index contributed by atoms with van der Waals surface area (Å²) in [5, 5.41) is 2.67. The van der Waals surface area contributed by atoms with Gasteiger partial charge in [-0.2, -0.15) is 0 Å². The van der Waals surface area contributed by atoms with E-state index in [4.69, 9.17) is 10.2 Å². The standard InChI is InChI=1S/C8H11BrN2O2/c1-5(10)3-11-8(12)6-2-7(9)13-4-6/h2,4-5H,3,10H2,1H3,(H,11,12). The number of rotatable bonds is 3. The summed E-state index contributed by atoms with van der Waals surface area (Å²) in [6.07, 6.45) is 1.39. The average Bonchev–Trinajstić information content (AvgIpc) is 2.47. The molecule has 0 saturated carbocycles. The highest BCUT2D eigenvalue weighted by molar-refractivity contribution is 9.10. The fourth-order valence-corrected chi connectivity index (χ4v) is 1.12. The topological polar surface area (TPSA) is 68.3 Å². The highest BCUT2D eigenvalue weighted by Gasteiger charge is 2.08. The Bertz CT molecular complexity index is 296. The van der Waals surface area contributed by atoms with Crippen LogP contribution in [0.1, 0.15) is 17.3 Å². The van der Waals surface area contributed by atoms with Crippen LogP contribution in [0.5, 0.6) is 0 Å². The van der Waals surface area contributed by atoms with Gasteiger partial charge in [0.25, 0.3) is 5.91 Å². The molecule has 1 aromatic rings. The Hall–Kier alpha value is -0.810. The number of furan rings is 1. The van der Waals surface area contributed by atoms with E-state index in [9.17, 15) is 4.79 Å². The summed E-state index contributed by atoms with van der Waals surface area (Å²) < 4.78 is 5.46. The van der Waals surface area contributed by atoms with Crippen molar-refractivity contribution in [1.29, 1.82) is 0 Å². The molecule has 1 aromatic heterocycles. The molecular weight excluding hydrogens is 236 g/mol. The van der Waals surface area contributed by atoms with Crippen molar-refractivity contribution in [3.05, 3.63) is 22.6 Å². The summed E-state index contributed by atoms with van der Waals surface area (Å²) >= 11 is 3.11. The molecule has 4 nitrogen and oxygen atoms in total. The molecule has 0 bridgehead atoms. The van der Waals surface area contributed by atoms with Crippen LogP contribution in [0.3, 0.4) is 0 Å². The van der Waals surface area contributed by atoms with Crippen LogP contribution in [-0.4, -0.2) is 18.5 Å². The lowest BCUT2D eigenvalue weighted by Gasteiger charge is -2.05. The molecule has 0 aliphatic heterocycles. The number of carbonyl (C=O) groups is 1. The second-order valence-electron chi connectivity index (χ2n) is 2.83. The predicted molar refractivity (Wildman–Crippen MR) is 52.4 cm³/mol. The van der Waals surface area contributed by atoms with Gasteiger partial charge in [0.2, 0.25) is 0 Å². The van der Waals surface area contributed by atoms with E-state index in [1.165, 1.54) is 6.26 Å². The van der Waals surface area contributed by atoms with Gasteiger partial charge in [-0.05, 0) is 22.9 Å². The van der Waals surface area contributed by atoms with Gasteiger partial charge in [0, 0.05) is 18.7 Å². The van der Waals surface area contributed by atoms with Crippen LogP contribution in [0.25, 0.3) is 0 Å². The molecule has 5 heteroatoms. The highest BCUT2D eigenvalue weighted by Crippen LogP contribution is 2.13. The van der Waals surface area contributed by atoms with Gasteiger partial charge in [0.15, 0.2) is 4.67 Å². The van der Waals surface area contributed by atoms with E-state index in [0.29, 0.717) is 16.8 Å². The minimum atomic E-state index is -0.174. The van der Waals surface area contributed by atoms with Gasteiger partial charge in [-0.15, -0.1) is 0 Å². The number of nitrogens with one attached hydrogen (secondary N) is 1. The second-order valence-corrected chi connectivity index (χ2v) is 3.61. The third-order valence-corrected chi connectivity index (χ3v) is 1.83. The molecule has 0 aliphatic carbocycles. The summed E-state index contributed by atoms with van der Waals surface area (Å²) in [5.41, 5.74) is 5.97. The van der Waals surface area contributed by atoms with Crippen LogP contribution >= 0.6 is 15.9 Å². The molecule has 72 valence electrons.